The zero-order valence-electron chi connectivity index (χ0n) is 9.37. The summed E-state index contributed by atoms with van der Waals surface area (Å²) < 4.78 is 39.0. The maximum atomic E-state index is 13.0. The van der Waals surface area contributed by atoms with Crippen LogP contribution in [0.1, 0.15) is 24.8 Å². The van der Waals surface area contributed by atoms with Crippen LogP contribution in [-0.2, 0) is 4.79 Å². The highest BCUT2D eigenvalue weighted by Gasteiger charge is 2.46. The van der Waals surface area contributed by atoms with Gasteiger partial charge in [0.05, 0.1) is 11.8 Å². The molecule has 0 heterocycles. The minimum absolute atomic E-state index is 0.0639. The third kappa shape index (κ3) is 3.22. The molecule has 0 aliphatic carbocycles. The number of rotatable bonds is 4. The minimum Gasteiger partial charge on any atom is -0.369 e. The fraction of sp³-hybridized carbons (Fsp3) is 0.417. The van der Waals surface area contributed by atoms with Crippen molar-refractivity contribution >= 4 is 5.91 Å². The van der Waals surface area contributed by atoms with Crippen LogP contribution in [0.15, 0.2) is 30.3 Å². The lowest BCUT2D eigenvalue weighted by Crippen LogP contribution is -2.36. The molecule has 1 aromatic carbocycles. The van der Waals surface area contributed by atoms with E-state index in [-0.39, 0.29) is 12.0 Å². The van der Waals surface area contributed by atoms with E-state index >= 15 is 0 Å². The molecule has 1 rings (SSSR count). The van der Waals surface area contributed by atoms with Gasteiger partial charge in [-0.3, -0.25) is 4.79 Å². The number of hydrogen-bond acceptors (Lipinski definition) is 1. The van der Waals surface area contributed by atoms with Gasteiger partial charge in [-0.2, -0.15) is 13.2 Å². The predicted molar refractivity (Wildman–Crippen MR) is 58.2 cm³/mol. The molecular weight excluding hydrogens is 231 g/mol. The van der Waals surface area contributed by atoms with Gasteiger partial charge in [0.25, 0.3) is 0 Å². The number of alkyl halides is 3. The van der Waals surface area contributed by atoms with E-state index in [0.717, 1.165) is 0 Å². The summed E-state index contributed by atoms with van der Waals surface area (Å²) in [5.74, 6) is -3.97. The largest absolute Gasteiger partial charge is 0.396 e. The Balaban J connectivity index is 3.17. The van der Waals surface area contributed by atoms with Gasteiger partial charge in [0.15, 0.2) is 0 Å². The highest BCUT2D eigenvalue weighted by atomic mass is 19.4. The number of benzene rings is 1. The van der Waals surface area contributed by atoms with Crippen molar-refractivity contribution in [3.8, 4) is 0 Å². The molecule has 17 heavy (non-hydrogen) atoms. The smallest absolute Gasteiger partial charge is 0.369 e. The van der Waals surface area contributed by atoms with Gasteiger partial charge < -0.3 is 5.73 Å². The summed E-state index contributed by atoms with van der Waals surface area (Å²) in [6, 6.07) is 7.39. The van der Waals surface area contributed by atoms with Crippen molar-refractivity contribution in [1.82, 2.24) is 0 Å². The first-order valence-corrected chi connectivity index (χ1v) is 5.29. The summed E-state index contributed by atoms with van der Waals surface area (Å²) in [6.07, 6.45) is -4.41. The zero-order valence-corrected chi connectivity index (χ0v) is 9.37. The summed E-state index contributed by atoms with van der Waals surface area (Å²) >= 11 is 0. The Kier molecular flexibility index (Phi) is 4.15. The summed E-state index contributed by atoms with van der Waals surface area (Å²) in [5, 5.41) is 0. The van der Waals surface area contributed by atoms with Crippen LogP contribution in [0, 0.1) is 5.92 Å². The van der Waals surface area contributed by atoms with Gasteiger partial charge in [-0.15, -0.1) is 0 Å². The Morgan fingerprint density at radius 1 is 1.29 bits per heavy atom. The first-order valence-electron chi connectivity index (χ1n) is 5.29. The standard InChI is InChI=1S/C12H14F3NO/c1-2-9(11(16)17)10(12(13,14)15)8-6-4-3-5-7-8/h3-7,9-10H,2H2,1H3,(H2,16,17). The number of amides is 1. The average Bonchev–Trinajstić information content (AvgIpc) is 2.24. The quantitative estimate of drug-likeness (QED) is 0.870. The highest BCUT2D eigenvalue weighted by Crippen LogP contribution is 2.41. The van der Waals surface area contributed by atoms with Crippen molar-refractivity contribution in [2.75, 3.05) is 0 Å². The number of hydrogen-bond donors (Lipinski definition) is 1. The van der Waals surface area contributed by atoms with Crippen LogP contribution in [0.5, 0.6) is 0 Å². The molecule has 0 spiro atoms. The summed E-state index contributed by atoms with van der Waals surface area (Å²) in [6.45, 7) is 1.52. The van der Waals surface area contributed by atoms with Gasteiger partial charge in [-0.25, -0.2) is 0 Å². The van der Waals surface area contributed by atoms with Crippen molar-refractivity contribution in [3.63, 3.8) is 0 Å². The maximum Gasteiger partial charge on any atom is 0.396 e. The molecule has 0 aliphatic heterocycles. The molecule has 2 nitrogen and oxygen atoms in total. The van der Waals surface area contributed by atoms with Crippen LogP contribution in [0.4, 0.5) is 13.2 Å². The average molecular weight is 245 g/mol. The first-order chi connectivity index (χ1) is 7.88. The van der Waals surface area contributed by atoms with Crippen molar-refractivity contribution in [1.29, 1.82) is 0 Å². The Morgan fingerprint density at radius 2 is 1.82 bits per heavy atom. The van der Waals surface area contributed by atoms with E-state index in [1.165, 1.54) is 31.2 Å². The van der Waals surface area contributed by atoms with E-state index in [1.807, 2.05) is 0 Å². The molecule has 2 atom stereocenters. The maximum absolute atomic E-state index is 13.0. The first kappa shape index (κ1) is 13.5. The van der Waals surface area contributed by atoms with Gasteiger partial charge in [0.1, 0.15) is 0 Å². The second-order valence-corrected chi connectivity index (χ2v) is 3.85. The van der Waals surface area contributed by atoms with Gasteiger partial charge in [-0.05, 0) is 12.0 Å². The molecule has 0 saturated heterocycles. The van der Waals surface area contributed by atoms with Gasteiger partial charge in [-0.1, -0.05) is 37.3 Å². The Hall–Kier alpha value is -1.52. The lowest BCUT2D eigenvalue weighted by atomic mass is 9.83. The third-order valence-corrected chi connectivity index (χ3v) is 2.72. The molecule has 5 heteroatoms. The van der Waals surface area contributed by atoms with E-state index in [1.54, 1.807) is 6.07 Å². The fourth-order valence-corrected chi connectivity index (χ4v) is 1.91. The topological polar surface area (TPSA) is 43.1 Å². The monoisotopic (exact) mass is 245 g/mol. The number of halogens is 3. The van der Waals surface area contributed by atoms with Crippen LogP contribution in [-0.4, -0.2) is 12.1 Å². The van der Waals surface area contributed by atoms with E-state index in [2.05, 4.69) is 0 Å². The molecule has 2 unspecified atom stereocenters. The second kappa shape index (κ2) is 5.21. The number of primary amides is 1. The molecule has 0 fully saturated rings. The summed E-state index contributed by atoms with van der Waals surface area (Å²) in [4.78, 5) is 11.1. The highest BCUT2D eigenvalue weighted by molar-refractivity contribution is 5.77. The summed E-state index contributed by atoms with van der Waals surface area (Å²) in [5.41, 5.74) is 5.12. The van der Waals surface area contributed by atoms with E-state index in [9.17, 15) is 18.0 Å². The molecule has 1 amide bonds. The number of carbonyl (C=O) groups excluding carboxylic acids is 1. The Labute approximate surface area is 97.6 Å². The molecule has 0 saturated carbocycles. The van der Waals surface area contributed by atoms with Crippen LogP contribution >= 0.6 is 0 Å². The Bertz CT molecular complexity index is 375. The van der Waals surface area contributed by atoms with E-state index < -0.39 is 23.9 Å². The van der Waals surface area contributed by atoms with Crippen LogP contribution in [0.2, 0.25) is 0 Å². The van der Waals surface area contributed by atoms with Crippen LogP contribution in [0.3, 0.4) is 0 Å². The number of nitrogens with two attached hydrogens (primary N) is 1. The van der Waals surface area contributed by atoms with Gasteiger partial charge in [0.2, 0.25) is 5.91 Å². The third-order valence-electron chi connectivity index (χ3n) is 2.72. The normalized spacial score (nSPS) is 15.3. The van der Waals surface area contributed by atoms with Crippen molar-refractivity contribution in [3.05, 3.63) is 35.9 Å². The SMILES string of the molecule is CCC(C(N)=O)C(c1ccccc1)C(F)(F)F. The molecule has 0 radical (unpaired) electrons. The molecule has 0 aromatic heterocycles. The molecule has 1 aromatic rings. The van der Waals surface area contributed by atoms with Crippen molar-refractivity contribution in [2.45, 2.75) is 25.4 Å². The van der Waals surface area contributed by atoms with Gasteiger partial charge in [0, 0.05) is 0 Å². The van der Waals surface area contributed by atoms with Crippen molar-refractivity contribution in [2.24, 2.45) is 11.7 Å². The van der Waals surface area contributed by atoms with Crippen LogP contribution in [0.25, 0.3) is 0 Å². The molecule has 94 valence electrons. The molecule has 0 bridgehead atoms. The minimum atomic E-state index is -4.48. The molecular formula is C12H14F3NO. The lowest BCUT2D eigenvalue weighted by Gasteiger charge is -2.26. The van der Waals surface area contributed by atoms with Crippen LogP contribution < -0.4 is 5.73 Å². The number of carbonyl (C=O) groups is 1. The van der Waals surface area contributed by atoms with Gasteiger partial charge >= 0.3 is 6.18 Å². The van der Waals surface area contributed by atoms with E-state index in [0.29, 0.717) is 0 Å². The van der Waals surface area contributed by atoms with E-state index in [4.69, 9.17) is 5.73 Å². The lowest BCUT2D eigenvalue weighted by molar-refractivity contribution is -0.167. The zero-order chi connectivity index (χ0) is 13.1. The predicted octanol–water partition coefficient (Wildman–Crippen LogP) is 2.84. The Morgan fingerprint density at radius 3 is 2.18 bits per heavy atom. The molecule has 2 N–H and O–H groups in total. The fourth-order valence-electron chi connectivity index (χ4n) is 1.91. The second-order valence-electron chi connectivity index (χ2n) is 3.85. The summed E-state index contributed by atoms with van der Waals surface area (Å²) in [7, 11) is 0. The van der Waals surface area contributed by atoms with Crippen molar-refractivity contribution < 1.29 is 18.0 Å². The molecule has 0 aliphatic rings.